The van der Waals surface area contributed by atoms with E-state index < -0.39 is 23.3 Å². The lowest BCUT2D eigenvalue weighted by atomic mass is 10.00. The van der Waals surface area contributed by atoms with Gasteiger partial charge in [-0.15, -0.1) is 0 Å². The summed E-state index contributed by atoms with van der Waals surface area (Å²) in [6, 6.07) is 3.19. The fraction of sp³-hybridized carbons (Fsp3) is 0.500. The lowest BCUT2D eigenvalue weighted by Gasteiger charge is -2.23. The van der Waals surface area contributed by atoms with E-state index in [-0.39, 0.29) is 5.69 Å². The number of rotatable bonds is 4. The second-order valence-corrected chi connectivity index (χ2v) is 5.00. The molecule has 0 atom stereocenters. The molecule has 1 aliphatic heterocycles. The number of carbonyl (C=O) groups is 1. The normalized spacial score (nSPS) is 16.7. The third-order valence-electron chi connectivity index (χ3n) is 3.49. The van der Waals surface area contributed by atoms with Gasteiger partial charge in [0.1, 0.15) is 0 Å². The third kappa shape index (κ3) is 4.10. The number of ether oxygens (including phenoxy) is 1. The van der Waals surface area contributed by atoms with Crippen LogP contribution >= 0.6 is 0 Å². The van der Waals surface area contributed by atoms with Gasteiger partial charge in [0.2, 0.25) is 0 Å². The fourth-order valence-corrected chi connectivity index (χ4v) is 2.29. The van der Waals surface area contributed by atoms with Crippen molar-refractivity contribution >= 4 is 11.7 Å². The first-order chi connectivity index (χ1) is 9.88. The Morgan fingerprint density at radius 2 is 2.00 bits per heavy atom. The second-order valence-electron chi connectivity index (χ2n) is 5.00. The smallest absolute Gasteiger partial charge is 0.417 e. The summed E-state index contributed by atoms with van der Waals surface area (Å²) in [5, 5.41) is 11.8. The minimum atomic E-state index is -4.69. The maximum absolute atomic E-state index is 12.9. The predicted molar refractivity (Wildman–Crippen MR) is 70.4 cm³/mol. The molecule has 4 nitrogen and oxygen atoms in total. The van der Waals surface area contributed by atoms with Crippen molar-refractivity contribution in [1.29, 1.82) is 0 Å². The molecule has 1 aromatic carbocycles. The molecule has 1 heterocycles. The van der Waals surface area contributed by atoms with E-state index in [2.05, 4.69) is 5.32 Å². The first-order valence-corrected chi connectivity index (χ1v) is 6.64. The molecule has 1 aliphatic rings. The quantitative estimate of drug-likeness (QED) is 0.896. The molecule has 1 aromatic rings. The number of hydrogen-bond donors (Lipinski definition) is 2. The Morgan fingerprint density at radius 1 is 1.33 bits per heavy atom. The van der Waals surface area contributed by atoms with Gasteiger partial charge in [0.05, 0.1) is 11.1 Å². The Morgan fingerprint density at radius 3 is 2.57 bits per heavy atom. The number of hydrogen-bond acceptors (Lipinski definition) is 3. The molecule has 0 saturated carbocycles. The van der Waals surface area contributed by atoms with Gasteiger partial charge in [-0.1, -0.05) is 0 Å². The van der Waals surface area contributed by atoms with Crippen LogP contribution in [0.3, 0.4) is 0 Å². The van der Waals surface area contributed by atoms with Gasteiger partial charge in [-0.2, -0.15) is 13.2 Å². The molecule has 1 saturated heterocycles. The van der Waals surface area contributed by atoms with Crippen LogP contribution in [0.25, 0.3) is 0 Å². The van der Waals surface area contributed by atoms with Gasteiger partial charge >= 0.3 is 12.1 Å². The molecule has 0 aliphatic carbocycles. The molecule has 2 rings (SSSR count). The number of halogens is 3. The third-order valence-corrected chi connectivity index (χ3v) is 3.49. The molecule has 21 heavy (non-hydrogen) atoms. The zero-order valence-corrected chi connectivity index (χ0v) is 11.2. The first-order valence-electron chi connectivity index (χ1n) is 6.64. The molecule has 0 radical (unpaired) electrons. The SMILES string of the molecule is O=C(O)c1ccc(NCC2CCOCC2)cc1C(F)(F)F. The standard InChI is InChI=1S/C14H16F3NO3/c15-14(16,17)12-7-10(1-2-11(12)13(19)20)18-8-9-3-5-21-6-4-9/h1-2,7,9,18H,3-6,8H2,(H,19,20). The molecule has 0 amide bonds. The van der Waals surface area contributed by atoms with E-state index >= 15 is 0 Å². The summed E-state index contributed by atoms with van der Waals surface area (Å²) < 4.78 is 43.8. The highest BCUT2D eigenvalue weighted by atomic mass is 19.4. The highest BCUT2D eigenvalue weighted by molar-refractivity contribution is 5.90. The van der Waals surface area contributed by atoms with Crippen LogP contribution in [0.5, 0.6) is 0 Å². The largest absolute Gasteiger partial charge is 0.478 e. The zero-order valence-electron chi connectivity index (χ0n) is 11.2. The summed E-state index contributed by atoms with van der Waals surface area (Å²) in [6.07, 6.45) is -2.96. The summed E-state index contributed by atoms with van der Waals surface area (Å²) >= 11 is 0. The van der Waals surface area contributed by atoms with Crippen molar-refractivity contribution in [2.45, 2.75) is 19.0 Å². The van der Waals surface area contributed by atoms with Gasteiger partial charge in [0, 0.05) is 25.4 Å². The highest BCUT2D eigenvalue weighted by Gasteiger charge is 2.35. The minimum absolute atomic E-state index is 0.277. The van der Waals surface area contributed by atoms with Gasteiger partial charge in [-0.05, 0) is 37.0 Å². The molecule has 116 valence electrons. The minimum Gasteiger partial charge on any atom is -0.478 e. The van der Waals surface area contributed by atoms with Crippen LogP contribution in [-0.2, 0) is 10.9 Å². The van der Waals surface area contributed by atoms with Crippen LogP contribution < -0.4 is 5.32 Å². The Balaban J connectivity index is 2.11. The summed E-state index contributed by atoms with van der Waals surface area (Å²) in [7, 11) is 0. The maximum atomic E-state index is 12.9. The summed E-state index contributed by atoms with van der Waals surface area (Å²) in [5.41, 5.74) is -1.59. The predicted octanol–water partition coefficient (Wildman–Crippen LogP) is 3.24. The van der Waals surface area contributed by atoms with Crippen LogP contribution in [0.15, 0.2) is 18.2 Å². The lowest BCUT2D eigenvalue weighted by Crippen LogP contribution is -2.23. The van der Waals surface area contributed by atoms with Gasteiger partial charge in [0.15, 0.2) is 0 Å². The highest BCUT2D eigenvalue weighted by Crippen LogP contribution is 2.34. The molecule has 0 bridgehead atoms. The number of aromatic carboxylic acids is 1. The average molecular weight is 303 g/mol. The van der Waals surface area contributed by atoms with E-state index in [1.165, 1.54) is 6.07 Å². The summed E-state index contributed by atoms with van der Waals surface area (Å²) in [4.78, 5) is 10.9. The van der Waals surface area contributed by atoms with E-state index in [1.807, 2.05) is 0 Å². The Kier molecular flexibility index (Phi) is 4.72. The monoisotopic (exact) mass is 303 g/mol. The lowest BCUT2D eigenvalue weighted by molar-refractivity contribution is -0.138. The topological polar surface area (TPSA) is 58.6 Å². The van der Waals surface area contributed by atoms with E-state index in [0.717, 1.165) is 25.0 Å². The molecular formula is C14H16F3NO3. The van der Waals surface area contributed by atoms with Gasteiger partial charge < -0.3 is 15.2 Å². The Bertz CT molecular complexity index is 511. The van der Waals surface area contributed by atoms with Crippen LogP contribution in [0.2, 0.25) is 0 Å². The van der Waals surface area contributed by atoms with Crippen molar-refractivity contribution in [1.82, 2.24) is 0 Å². The van der Waals surface area contributed by atoms with Crippen molar-refractivity contribution in [2.24, 2.45) is 5.92 Å². The van der Waals surface area contributed by atoms with E-state index in [1.54, 1.807) is 0 Å². The van der Waals surface area contributed by atoms with Crippen LogP contribution in [0, 0.1) is 5.92 Å². The van der Waals surface area contributed by atoms with Gasteiger partial charge in [-0.3, -0.25) is 0 Å². The van der Waals surface area contributed by atoms with Crippen molar-refractivity contribution in [3.05, 3.63) is 29.3 Å². The van der Waals surface area contributed by atoms with Gasteiger partial charge in [-0.25, -0.2) is 4.79 Å². The number of nitrogens with one attached hydrogen (secondary N) is 1. The van der Waals surface area contributed by atoms with Crippen LogP contribution in [-0.4, -0.2) is 30.8 Å². The second kappa shape index (κ2) is 6.34. The molecule has 2 N–H and O–H groups in total. The fourth-order valence-electron chi connectivity index (χ4n) is 2.29. The van der Waals surface area contributed by atoms with Crippen molar-refractivity contribution in [2.75, 3.05) is 25.1 Å². The average Bonchev–Trinajstić information content (AvgIpc) is 2.45. The Labute approximate surface area is 119 Å². The number of anilines is 1. The van der Waals surface area contributed by atoms with E-state index in [4.69, 9.17) is 9.84 Å². The summed E-state index contributed by atoms with van der Waals surface area (Å²) in [6.45, 7) is 1.88. The van der Waals surface area contributed by atoms with Crippen molar-refractivity contribution in [3.63, 3.8) is 0 Å². The molecule has 0 spiro atoms. The zero-order chi connectivity index (χ0) is 15.5. The van der Waals surface area contributed by atoms with Crippen molar-refractivity contribution in [3.8, 4) is 0 Å². The molecule has 7 heteroatoms. The first kappa shape index (κ1) is 15.6. The Hall–Kier alpha value is -1.76. The van der Waals surface area contributed by atoms with E-state index in [0.29, 0.717) is 25.7 Å². The van der Waals surface area contributed by atoms with E-state index in [9.17, 15) is 18.0 Å². The molecule has 0 aromatic heterocycles. The summed E-state index contributed by atoms with van der Waals surface area (Å²) in [5.74, 6) is -1.23. The van der Waals surface area contributed by atoms with Crippen molar-refractivity contribution < 1.29 is 27.8 Å². The molecule has 1 fully saturated rings. The number of carboxylic acid groups (broad SMARTS) is 1. The van der Waals surface area contributed by atoms with Crippen LogP contribution in [0.4, 0.5) is 18.9 Å². The maximum Gasteiger partial charge on any atom is 0.417 e. The molecular weight excluding hydrogens is 287 g/mol. The number of carboxylic acids is 1. The van der Waals surface area contributed by atoms with Gasteiger partial charge in [0.25, 0.3) is 0 Å². The number of benzene rings is 1. The van der Waals surface area contributed by atoms with Crippen LogP contribution in [0.1, 0.15) is 28.8 Å². The number of alkyl halides is 3. The molecule has 0 unspecified atom stereocenters.